The van der Waals surface area contributed by atoms with Crippen LogP contribution in [0, 0.1) is 5.92 Å². The molecule has 0 N–H and O–H groups in total. The summed E-state index contributed by atoms with van der Waals surface area (Å²) >= 11 is 0. The molecule has 1 heterocycles. The normalized spacial score (nSPS) is 25.5. The van der Waals surface area contributed by atoms with Crippen molar-refractivity contribution in [2.24, 2.45) is 5.92 Å². The van der Waals surface area contributed by atoms with Crippen molar-refractivity contribution in [3.8, 4) is 0 Å². The molecule has 116 valence electrons. The Kier molecular flexibility index (Phi) is 4.99. The van der Waals surface area contributed by atoms with Gasteiger partial charge in [0.15, 0.2) is 0 Å². The summed E-state index contributed by atoms with van der Waals surface area (Å²) < 4.78 is 38.1. The first kappa shape index (κ1) is 16.4. The largest absolute Gasteiger partial charge is 0.416 e. The molecule has 2 unspecified atom stereocenters. The summed E-state index contributed by atoms with van der Waals surface area (Å²) in [5.74, 6) is 0.827. The molecule has 3 rings (SSSR count). The molecule has 0 aromatic heterocycles. The number of benzene rings is 1. The zero-order valence-electron chi connectivity index (χ0n) is 11.6. The lowest BCUT2D eigenvalue weighted by molar-refractivity contribution is -0.137. The van der Waals surface area contributed by atoms with Crippen LogP contribution in [-0.4, -0.2) is 24.5 Å². The van der Waals surface area contributed by atoms with E-state index in [1.807, 2.05) is 6.07 Å². The topological polar surface area (TPSA) is 3.24 Å². The van der Waals surface area contributed by atoms with Crippen LogP contribution in [0.15, 0.2) is 36.4 Å². The molecule has 2 atom stereocenters. The van der Waals surface area contributed by atoms with Crippen LogP contribution in [-0.2, 0) is 6.18 Å². The van der Waals surface area contributed by atoms with Crippen LogP contribution in [0.3, 0.4) is 0 Å². The number of hydrogen-bond donors (Lipinski definition) is 0. The predicted molar refractivity (Wildman–Crippen MR) is 79.7 cm³/mol. The van der Waals surface area contributed by atoms with Crippen molar-refractivity contribution in [1.29, 1.82) is 0 Å². The predicted octanol–water partition coefficient (Wildman–Crippen LogP) is 4.49. The van der Waals surface area contributed by atoms with Gasteiger partial charge in [-0.05, 0) is 36.3 Å². The van der Waals surface area contributed by atoms with E-state index < -0.39 is 11.7 Å². The standard InChI is InChI=1S/C16H18F3N.ClH/c17-16(18,19)14-6-4-5-12(9-14)15-10-13(15)11-20-7-2-1-3-8-20;/h1-2,4-6,9,13,15H,3,7-8,10-11H2;1H. The molecule has 1 aromatic carbocycles. The molecule has 1 aliphatic heterocycles. The number of nitrogens with zero attached hydrogens (tertiary/aromatic N) is 1. The van der Waals surface area contributed by atoms with Crippen LogP contribution in [0.1, 0.15) is 29.9 Å². The van der Waals surface area contributed by atoms with E-state index in [4.69, 9.17) is 0 Å². The van der Waals surface area contributed by atoms with Crippen molar-refractivity contribution >= 4 is 12.4 Å². The van der Waals surface area contributed by atoms with Crippen molar-refractivity contribution in [3.63, 3.8) is 0 Å². The minimum absolute atomic E-state index is 0. The molecule has 5 heteroatoms. The SMILES string of the molecule is Cl.FC(F)(F)c1cccc(C2CC2CN2CC=CCC2)c1. The number of halogens is 4. The Hall–Kier alpha value is -1.00. The first-order chi connectivity index (χ1) is 9.54. The number of hydrogen-bond acceptors (Lipinski definition) is 1. The van der Waals surface area contributed by atoms with E-state index in [9.17, 15) is 13.2 Å². The molecule has 0 bridgehead atoms. The van der Waals surface area contributed by atoms with Crippen molar-refractivity contribution in [3.05, 3.63) is 47.5 Å². The maximum atomic E-state index is 12.7. The summed E-state index contributed by atoms with van der Waals surface area (Å²) in [6.07, 6.45) is 2.22. The second-order valence-electron chi connectivity index (χ2n) is 5.75. The lowest BCUT2D eigenvalue weighted by Gasteiger charge is -2.22. The van der Waals surface area contributed by atoms with Crippen LogP contribution in [0.5, 0.6) is 0 Å². The van der Waals surface area contributed by atoms with E-state index in [0.717, 1.165) is 44.1 Å². The molecule has 1 saturated carbocycles. The molecule has 0 amide bonds. The Morgan fingerprint density at radius 3 is 2.67 bits per heavy atom. The Balaban J connectivity index is 0.00000161. The fraction of sp³-hybridized carbons (Fsp3) is 0.500. The highest BCUT2D eigenvalue weighted by Gasteiger charge is 2.40. The summed E-state index contributed by atoms with van der Waals surface area (Å²) in [5.41, 5.74) is 0.318. The van der Waals surface area contributed by atoms with Gasteiger partial charge >= 0.3 is 6.18 Å². The highest BCUT2D eigenvalue weighted by molar-refractivity contribution is 5.85. The Labute approximate surface area is 129 Å². The fourth-order valence-electron chi connectivity index (χ4n) is 2.99. The highest BCUT2D eigenvalue weighted by Crippen LogP contribution is 2.48. The van der Waals surface area contributed by atoms with Gasteiger partial charge in [-0.3, -0.25) is 4.90 Å². The van der Waals surface area contributed by atoms with Gasteiger partial charge in [-0.25, -0.2) is 0 Å². The smallest absolute Gasteiger partial charge is 0.299 e. The van der Waals surface area contributed by atoms with Crippen LogP contribution < -0.4 is 0 Å². The molecule has 2 aliphatic rings. The zero-order valence-corrected chi connectivity index (χ0v) is 12.5. The number of alkyl halides is 3. The van der Waals surface area contributed by atoms with Gasteiger partial charge in [-0.2, -0.15) is 13.2 Å². The van der Waals surface area contributed by atoms with E-state index in [-0.39, 0.29) is 12.4 Å². The zero-order chi connectivity index (χ0) is 14.2. The molecular weight excluding hydrogens is 299 g/mol. The average Bonchev–Trinajstić information content (AvgIpc) is 3.18. The average molecular weight is 318 g/mol. The van der Waals surface area contributed by atoms with Gasteiger partial charge in [-0.1, -0.05) is 30.4 Å². The second-order valence-corrected chi connectivity index (χ2v) is 5.75. The van der Waals surface area contributed by atoms with Crippen molar-refractivity contribution in [2.45, 2.75) is 24.9 Å². The third kappa shape index (κ3) is 4.01. The molecule has 0 saturated heterocycles. The summed E-state index contributed by atoms with van der Waals surface area (Å²) in [6.45, 7) is 3.05. The van der Waals surface area contributed by atoms with Crippen molar-refractivity contribution < 1.29 is 13.2 Å². The lowest BCUT2D eigenvalue weighted by Crippen LogP contribution is -2.29. The van der Waals surface area contributed by atoms with Crippen LogP contribution in [0.2, 0.25) is 0 Å². The van der Waals surface area contributed by atoms with Crippen molar-refractivity contribution in [2.75, 3.05) is 19.6 Å². The van der Waals surface area contributed by atoms with Gasteiger partial charge in [0.2, 0.25) is 0 Å². The minimum Gasteiger partial charge on any atom is -0.299 e. The lowest BCUT2D eigenvalue weighted by atomic mass is 10.1. The van der Waals surface area contributed by atoms with E-state index >= 15 is 0 Å². The minimum atomic E-state index is -4.24. The molecule has 0 spiro atoms. The summed E-state index contributed by atoms with van der Waals surface area (Å²) in [4.78, 5) is 2.39. The molecule has 1 nitrogen and oxygen atoms in total. The third-order valence-electron chi connectivity index (χ3n) is 4.20. The van der Waals surface area contributed by atoms with Crippen molar-refractivity contribution in [1.82, 2.24) is 4.90 Å². The molecule has 1 fully saturated rings. The van der Waals surface area contributed by atoms with E-state index in [1.165, 1.54) is 12.1 Å². The van der Waals surface area contributed by atoms with Gasteiger partial charge in [0, 0.05) is 19.6 Å². The van der Waals surface area contributed by atoms with E-state index in [0.29, 0.717) is 11.8 Å². The van der Waals surface area contributed by atoms with Gasteiger partial charge in [0.25, 0.3) is 0 Å². The van der Waals surface area contributed by atoms with Gasteiger partial charge in [0.05, 0.1) is 5.56 Å². The first-order valence-corrected chi connectivity index (χ1v) is 7.08. The molecular formula is C16H19ClF3N. The Morgan fingerprint density at radius 2 is 2.00 bits per heavy atom. The van der Waals surface area contributed by atoms with Gasteiger partial charge in [-0.15, -0.1) is 12.4 Å². The molecule has 21 heavy (non-hydrogen) atoms. The summed E-state index contributed by atoms with van der Waals surface area (Å²) in [5, 5.41) is 0. The third-order valence-corrected chi connectivity index (χ3v) is 4.20. The first-order valence-electron chi connectivity index (χ1n) is 7.08. The maximum Gasteiger partial charge on any atom is 0.416 e. The Bertz CT molecular complexity index is 512. The van der Waals surface area contributed by atoms with Crippen LogP contribution in [0.4, 0.5) is 13.2 Å². The summed E-state index contributed by atoms with van der Waals surface area (Å²) in [7, 11) is 0. The van der Waals surface area contributed by atoms with E-state index in [1.54, 1.807) is 0 Å². The van der Waals surface area contributed by atoms with Crippen LogP contribution in [0.25, 0.3) is 0 Å². The molecule has 0 radical (unpaired) electrons. The van der Waals surface area contributed by atoms with E-state index in [2.05, 4.69) is 17.1 Å². The molecule has 1 aromatic rings. The quantitative estimate of drug-likeness (QED) is 0.742. The van der Waals surface area contributed by atoms with Gasteiger partial charge in [0.1, 0.15) is 0 Å². The van der Waals surface area contributed by atoms with Gasteiger partial charge < -0.3 is 0 Å². The summed E-state index contributed by atoms with van der Waals surface area (Å²) in [6, 6.07) is 5.82. The second kappa shape index (κ2) is 6.41. The monoisotopic (exact) mass is 317 g/mol. The molecule has 1 aliphatic carbocycles. The number of rotatable bonds is 3. The Morgan fingerprint density at radius 1 is 1.19 bits per heavy atom. The highest BCUT2D eigenvalue weighted by atomic mass is 35.5. The maximum absolute atomic E-state index is 12.7. The van der Waals surface area contributed by atoms with Crippen LogP contribution >= 0.6 is 12.4 Å². The fourth-order valence-corrected chi connectivity index (χ4v) is 2.99.